The summed E-state index contributed by atoms with van der Waals surface area (Å²) >= 11 is 5.89. The van der Waals surface area contributed by atoms with Crippen LogP contribution in [0.3, 0.4) is 0 Å². The molecule has 0 aliphatic carbocycles. The van der Waals surface area contributed by atoms with E-state index in [0.29, 0.717) is 22.0 Å². The van der Waals surface area contributed by atoms with Gasteiger partial charge in [0.15, 0.2) is 0 Å². The van der Waals surface area contributed by atoms with Gasteiger partial charge >= 0.3 is 0 Å². The summed E-state index contributed by atoms with van der Waals surface area (Å²) in [5.74, 6) is 0.577. The van der Waals surface area contributed by atoms with Gasteiger partial charge in [-0.05, 0) is 37.6 Å². The molecule has 118 valence electrons. The summed E-state index contributed by atoms with van der Waals surface area (Å²) < 4.78 is 29.0. The second-order valence-corrected chi connectivity index (χ2v) is 7.42. The zero-order valence-corrected chi connectivity index (χ0v) is 13.9. The lowest BCUT2D eigenvalue weighted by atomic mass is 10.1. The minimum atomic E-state index is -3.65. The highest BCUT2D eigenvalue weighted by molar-refractivity contribution is 8.00. The molecule has 22 heavy (non-hydrogen) atoms. The Kier molecular flexibility index (Phi) is 4.25. The van der Waals surface area contributed by atoms with Gasteiger partial charge in [-0.3, -0.25) is 0 Å². The largest absolute Gasteiger partial charge is 0.354 e. The predicted octanol–water partition coefficient (Wildman–Crippen LogP) is 2.11. The molecule has 2 aliphatic rings. The second-order valence-electron chi connectivity index (χ2n) is 5.44. The molecule has 1 aromatic carbocycles. The summed E-state index contributed by atoms with van der Waals surface area (Å²) in [5, 5.41) is 3.89. The molecule has 0 bridgehead atoms. The first-order valence-corrected chi connectivity index (χ1v) is 9.09. The van der Waals surface area contributed by atoms with E-state index in [9.17, 15) is 8.42 Å². The smallest absolute Gasteiger partial charge is 0.285 e. The molecule has 1 fully saturated rings. The second kappa shape index (κ2) is 6.02. The number of hydrogen-bond acceptors (Lipinski definition) is 4. The normalized spacial score (nSPS) is 21.7. The number of nitrogens with zero attached hydrogens (tertiary/aromatic N) is 2. The van der Waals surface area contributed by atoms with E-state index in [2.05, 4.69) is 14.6 Å². The third kappa shape index (κ3) is 2.91. The third-order valence-corrected chi connectivity index (χ3v) is 5.61. The van der Waals surface area contributed by atoms with Gasteiger partial charge in [-0.1, -0.05) is 23.7 Å². The van der Waals surface area contributed by atoms with Crippen LogP contribution in [0.15, 0.2) is 34.2 Å². The molecule has 0 atom stereocenters. The van der Waals surface area contributed by atoms with Crippen LogP contribution >= 0.6 is 11.6 Å². The first-order valence-electron chi connectivity index (χ1n) is 7.27. The van der Waals surface area contributed by atoms with E-state index in [1.54, 1.807) is 24.3 Å². The van der Waals surface area contributed by atoms with Crippen molar-refractivity contribution in [1.29, 1.82) is 0 Å². The van der Waals surface area contributed by atoms with E-state index in [1.807, 2.05) is 6.92 Å². The fourth-order valence-corrected chi connectivity index (χ4v) is 4.45. The highest BCUT2D eigenvalue weighted by atomic mass is 35.5. The van der Waals surface area contributed by atoms with Gasteiger partial charge in [-0.2, -0.15) is 8.42 Å². The topological polar surface area (TPSA) is 61.8 Å². The van der Waals surface area contributed by atoms with Crippen molar-refractivity contribution in [3.8, 4) is 0 Å². The fourth-order valence-electron chi connectivity index (χ4n) is 2.84. The van der Waals surface area contributed by atoms with Gasteiger partial charge in [0.05, 0.1) is 0 Å². The number of sulfonamides is 1. The lowest BCUT2D eigenvalue weighted by Gasteiger charge is -2.22. The molecule has 0 radical (unpaired) electrons. The third-order valence-electron chi connectivity index (χ3n) is 3.89. The highest BCUT2D eigenvalue weighted by Gasteiger charge is 2.33. The standard InChI is InChI=1S/C15H18ClN3O2S/c1-11-14(12-3-5-13(16)6-4-12)22(20,21)18-15(11)19-9-2-7-17-8-10-19/h3-6,17H,2,7-10H2,1H3. The quantitative estimate of drug-likeness (QED) is 0.851. The summed E-state index contributed by atoms with van der Waals surface area (Å²) in [5.41, 5.74) is 1.35. The van der Waals surface area contributed by atoms with Gasteiger partial charge in [-0.25, -0.2) is 0 Å². The Morgan fingerprint density at radius 2 is 1.91 bits per heavy atom. The molecule has 2 heterocycles. The Balaban J connectivity index is 2.01. The Morgan fingerprint density at radius 3 is 2.64 bits per heavy atom. The SMILES string of the molecule is CC1=C(c2ccc(Cl)cc2)S(=O)(=O)N=C1N1CCCNCC1. The maximum absolute atomic E-state index is 12.5. The molecule has 1 saturated heterocycles. The van der Waals surface area contributed by atoms with Crippen LogP contribution in [0.1, 0.15) is 18.9 Å². The predicted molar refractivity (Wildman–Crippen MR) is 89.5 cm³/mol. The van der Waals surface area contributed by atoms with Crippen LogP contribution < -0.4 is 5.32 Å². The Morgan fingerprint density at radius 1 is 1.18 bits per heavy atom. The minimum absolute atomic E-state index is 0.288. The van der Waals surface area contributed by atoms with E-state index in [1.165, 1.54) is 0 Å². The molecule has 3 rings (SSSR count). The van der Waals surface area contributed by atoms with Crippen molar-refractivity contribution < 1.29 is 8.42 Å². The summed E-state index contributed by atoms with van der Waals surface area (Å²) in [4.78, 5) is 2.34. The van der Waals surface area contributed by atoms with E-state index < -0.39 is 10.0 Å². The van der Waals surface area contributed by atoms with E-state index in [0.717, 1.165) is 32.6 Å². The van der Waals surface area contributed by atoms with Crippen LogP contribution in [0, 0.1) is 0 Å². The summed E-state index contributed by atoms with van der Waals surface area (Å²) in [6, 6.07) is 6.84. The van der Waals surface area contributed by atoms with E-state index in [-0.39, 0.29) is 4.91 Å². The molecule has 0 spiro atoms. The molecule has 0 unspecified atom stereocenters. The monoisotopic (exact) mass is 339 g/mol. The van der Waals surface area contributed by atoms with Gasteiger partial charge in [0.2, 0.25) is 0 Å². The van der Waals surface area contributed by atoms with E-state index >= 15 is 0 Å². The van der Waals surface area contributed by atoms with Crippen molar-refractivity contribution >= 4 is 32.4 Å². The van der Waals surface area contributed by atoms with Crippen LogP contribution in [-0.4, -0.2) is 45.3 Å². The lowest BCUT2D eigenvalue weighted by molar-refractivity contribution is 0.447. The lowest BCUT2D eigenvalue weighted by Crippen LogP contribution is -2.34. The number of benzene rings is 1. The highest BCUT2D eigenvalue weighted by Crippen LogP contribution is 2.34. The molecule has 7 heteroatoms. The maximum atomic E-state index is 12.5. The van der Waals surface area contributed by atoms with Crippen molar-refractivity contribution in [2.45, 2.75) is 13.3 Å². The zero-order chi connectivity index (χ0) is 15.7. The van der Waals surface area contributed by atoms with Gasteiger partial charge in [0, 0.05) is 30.2 Å². The number of amidine groups is 1. The van der Waals surface area contributed by atoms with Gasteiger partial charge in [0.25, 0.3) is 10.0 Å². The molecule has 0 aromatic heterocycles. The molecule has 1 N–H and O–H groups in total. The van der Waals surface area contributed by atoms with Crippen LogP contribution in [0.5, 0.6) is 0 Å². The van der Waals surface area contributed by atoms with Crippen LogP contribution in [0.4, 0.5) is 0 Å². The molecular weight excluding hydrogens is 322 g/mol. The van der Waals surface area contributed by atoms with Gasteiger partial charge in [-0.15, -0.1) is 4.40 Å². The van der Waals surface area contributed by atoms with Gasteiger partial charge < -0.3 is 10.2 Å². The van der Waals surface area contributed by atoms with Crippen molar-refractivity contribution in [2.24, 2.45) is 4.40 Å². The molecule has 0 amide bonds. The van der Waals surface area contributed by atoms with Crippen molar-refractivity contribution in [3.05, 3.63) is 40.4 Å². The van der Waals surface area contributed by atoms with Gasteiger partial charge in [0.1, 0.15) is 10.7 Å². The Labute approximate surface area is 135 Å². The Hall–Kier alpha value is -1.37. The van der Waals surface area contributed by atoms with Crippen molar-refractivity contribution in [3.63, 3.8) is 0 Å². The molecule has 1 aromatic rings. The minimum Gasteiger partial charge on any atom is -0.354 e. The molecular formula is C15H18ClN3O2S. The number of nitrogens with one attached hydrogen (secondary N) is 1. The number of halogens is 1. The summed E-state index contributed by atoms with van der Waals surface area (Å²) in [7, 11) is -3.65. The molecule has 2 aliphatic heterocycles. The molecule has 0 saturated carbocycles. The molecule has 5 nitrogen and oxygen atoms in total. The average molecular weight is 340 g/mol. The first-order chi connectivity index (χ1) is 10.5. The van der Waals surface area contributed by atoms with Crippen molar-refractivity contribution in [1.82, 2.24) is 10.2 Å². The summed E-state index contributed by atoms with van der Waals surface area (Å²) in [6.07, 6.45) is 0.975. The fraction of sp³-hybridized carbons (Fsp3) is 0.400. The van der Waals surface area contributed by atoms with Crippen molar-refractivity contribution in [2.75, 3.05) is 26.2 Å². The van der Waals surface area contributed by atoms with E-state index in [4.69, 9.17) is 11.6 Å². The Bertz CT molecular complexity index is 731. The van der Waals surface area contributed by atoms with Crippen LogP contribution in [-0.2, 0) is 10.0 Å². The average Bonchev–Trinajstić information content (AvgIpc) is 2.67. The number of hydrogen-bond donors (Lipinski definition) is 1. The number of rotatable bonds is 1. The van der Waals surface area contributed by atoms with Crippen LogP contribution in [0.2, 0.25) is 5.02 Å². The maximum Gasteiger partial charge on any atom is 0.285 e. The first kappa shape index (κ1) is 15.5. The zero-order valence-electron chi connectivity index (χ0n) is 12.3. The van der Waals surface area contributed by atoms with Crippen LogP contribution in [0.25, 0.3) is 4.91 Å². The summed E-state index contributed by atoms with van der Waals surface area (Å²) in [6.45, 7) is 5.18.